The first-order valence-electron chi connectivity index (χ1n) is 9.86. The van der Waals surface area contributed by atoms with E-state index in [1.165, 1.54) is 0 Å². The lowest BCUT2D eigenvalue weighted by atomic mass is 9.79. The van der Waals surface area contributed by atoms with Gasteiger partial charge in [0, 0.05) is 11.6 Å². The second kappa shape index (κ2) is 9.25. The third-order valence-corrected chi connectivity index (χ3v) is 7.66. The van der Waals surface area contributed by atoms with E-state index in [2.05, 4.69) is 34.1 Å². The Morgan fingerprint density at radius 2 is 1.81 bits per heavy atom. The van der Waals surface area contributed by atoms with Crippen molar-refractivity contribution >= 4 is 32.4 Å². The molecule has 1 heterocycles. The van der Waals surface area contributed by atoms with Crippen LogP contribution in [0.3, 0.4) is 0 Å². The standard InChI is InChI=1S/C22H26N4O3S2/c1-15-9-8-10-17(13-15)19(27)23-20-24-25-21(30-20)31(28,29)26-16(2)14-22(3,4)18-11-6-5-7-12-18/h5-13,16,26H,14H2,1-4H3,(H,23,24,27). The Labute approximate surface area is 187 Å². The summed E-state index contributed by atoms with van der Waals surface area (Å²) in [5.41, 5.74) is 2.34. The Morgan fingerprint density at radius 1 is 1.10 bits per heavy atom. The third-order valence-electron chi connectivity index (χ3n) is 4.87. The molecule has 3 aromatic rings. The van der Waals surface area contributed by atoms with Crippen LogP contribution in [0.25, 0.3) is 0 Å². The molecule has 1 amide bonds. The van der Waals surface area contributed by atoms with Gasteiger partial charge >= 0.3 is 0 Å². The van der Waals surface area contributed by atoms with E-state index in [0.29, 0.717) is 12.0 Å². The molecular formula is C22H26N4O3S2. The molecule has 3 rings (SSSR count). The third kappa shape index (κ3) is 5.96. The number of hydrogen-bond donors (Lipinski definition) is 2. The average Bonchev–Trinajstić information content (AvgIpc) is 3.17. The first-order valence-corrected chi connectivity index (χ1v) is 12.2. The number of carbonyl (C=O) groups excluding carboxylic acids is 1. The van der Waals surface area contributed by atoms with Gasteiger partial charge in [0.2, 0.25) is 9.47 Å². The highest BCUT2D eigenvalue weighted by Gasteiger charge is 2.28. The van der Waals surface area contributed by atoms with Crippen molar-refractivity contribution in [2.24, 2.45) is 0 Å². The highest BCUT2D eigenvalue weighted by Crippen LogP contribution is 2.29. The molecule has 0 spiro atoms. The number of anilines is 1. The number of aromatic nitrogens is 2. The largest absolute Gasteiger partial charge is 0.296 e. The van der Waals surface area contributed by atoms with Crippen molar-refractivity contribution in [1.82, 2.24) is 14.9 Å². The van der Waals surface area contributed by atoms with Gasteiger partial charge in [-0.2, -0.15) is 0 Å². The number of carbonyl (C=O) groups is 1. The van der Waals surface area contributed by atoms with Gasteiger partial charge in [-0.05, 0) is 43.4 Å². The van der Waals surface area contributed by atoms with Crippen molar-refractivity contribution in [3.63, 3.8) is 0 Å². The zero-order valence-corrected chi connectivity index (χ0v) is 19.5. The van der Waals surface area contributed by atoms with Crippen LogP contribution in [0, 0.1) is 6.92 Å². The first kappa shape index (κ1) is 23.1. The van der Waals surface area contributed by atoms with Crippen LogP contribution in [0.1, 0.15) is 48.7 Å². The highest BCUT2D eigenvalue weighted by molar-refractivity contribution is 7.91. The van der Waals surface area contributed by atoms with Gasteiger partial charge in [-0.1, -0.05) is 73.2 Å². The molecule has 1 unspecified atom stereocenters. The van der Waals surface area contributed by atoms with Crippen LogP contribution >= 0.6 is 11.3 Å². The maximum atomic E-state index is 12.8. The van der Waals surface area contributed by atoms with Gasteiger partial charge in [0.15, 0.2) is 0 Å². The summed E-state index contributed by atoms with van der Waals surface area (Å²) in [6.45, 7) is 7.87. The molecule has 2 aromatic carbocycles. The number of sulfonamides is 1. The van der Waals surface area contributed by atoms with Crippen LogP contribution in [0.5, 0.6) is 0 Å². The van der Waals surface area contributed by atoms with Crippen LogP contribution in [-0.2, 0) is 15.4 Å². The lowest BCUT2D eigenvalue weighted by Crippen LogP contribution is -2.37. The van der Waals surface area contributed by atoms with E-state index in [0.717, 1.165) is 22.5 Å². The van der Waals surface area contributed by atoms with E-state index in [-0.39, 0.29) is 26.8 Å². The fourth-order valence-corrected chi connectivity index (χ4v) is 5.61. The van der Waals surface area contributed by atoms with Gasteiger partial charge in [0.25, 0.3) is 15.9 Å². The molecule has 2 N–H and O–H groups in total. The molecule has 0 aliphatic heterocycles. The zero-order valence-electron chi connectivity index (χ0n) is 17.9. The van der Waals surface area contributed by atoms with Gasteiger partial charge in [-0.3, -0.25) is 10.1 Å². The molecule has 0 saturated heterocycles. The minimum atomic E-state index is -3.86. The van der Waals surface area contributed by atoms with Crippen molar-refractivity contribution in [3.8, 4) is 0 Å². The number of nitrogens with zero attached hydrogens (tertiary/aromatic N) is 2. The lowest BCUT2D eigenvalue weighted by Gasteiger charge is -2.28. The SMILES string of the molecule is Cc1cccc(C(=O)Nc2nnc(S(=O)(=O)NC(C)CC(C)(C)c3ccccc3)s2)c1. The molecule has 0 radical (unpaired) electrons. The normalized spacial score (nSPS) is 13.0. The van der Waals surface area contributed by atoms with Crippen LogP contribution in [0.4, 0.5) is 5.13 Å². The quantitative estimate of drug-likeness (QED) is 0.494. The fourth-order valence-electron chi connectivity index (χ4n) is 3.45. The van der Waals surface area contributed by atoms with Gasteiger partial charge in [0.1, 0.15) is 0 Å². The number of benzene rings is 2. The molecule has 31 heavy (non-hydrogen) atoms. The molecule has 9 heteroatoms. The predicted octanol–water partition coefficient (Wildman–Crippen LogP) is 4.13. The van der Waals surface area contributed by atoms with Gasteiger partial charge < -0.3 is 0 Å². The molecule has 0 aliphatic carbocycles. The second-order valence-corrected chi connectivity index (χ2v) is 11.0. The summed E-state index contributed by atoms with van der Waals surface area (Å²) in [7, 11) is -3.86. The van der Waals surface area contributed by atoms with E-state index in [1.54, 1.807) is 18.2 Å². The zero-order chi connectivity index (χ0) is 22.6. The molecule has 0 saturated carbocycles. The Kier molecular flexibility index (Phi) is 6.88. The minimum absolute atomic E-state index is 0.129. The van der Waals surface area contributed by atoms with Gasteiger partial charge in [0.05, 0.1) is 0 Å². The van der Waals surface area contributed by atoms with E-state index >= 15 is 0 Å². The Hall–Kier alpha value is -2.62. The molecule has 0 fully saturated rings. The molecule has 0 aliphatic rings. The molecule has 164 valence electrons. The molecule has 0 bridgehead atoms. The fraction of sp³-hybridized carbons (Fsp3) is 0.318. The van der Waals surface area contributed by atoms with Gasteiger partial charge in [-0.25, -0.2) is 13.1 Å². The summed E-state index contributed by atoms with van der Waals surface area (Å²) in [6.07, 6.45) is 0.603. The topological polar surface area (TPSA) is 101 Å². The minimum Gasteiger partial charge on any atom is -0.296 e. The summed E-state index contributed by atoms with van der Waals surface area (Å²) in [5.74, 6) is -0.366. The number of aryl methyl sites for hydroxylation is 1. The van der Waals surface area contributed by atoms with Crippen LogP contribution in [0.2, 0.25) is 0 Å². The Balaban J connectivity index is 1.66. The number of hydrogen-bond acceptors (Lipinski definition) is 6. The second-order valence-electron chi connectivity index (χ2n) is 8.17. The van der Waals surface area contributed by atoms with Crippen molar-refractivity contribution in [3.05, 3.63) is 71.3 Å². The maximum absolute atomic E-state index is 12.8. The van der Waals surface area contributed by atoms with Crippen molar-refractivity contribution in [1.29, 1.82) is 0 Å². The average molecular weight is 459 g/mol. The summed E-state index contributed by atoms with van der Waals surface area (Å²) in [5, 5.41) is 10.3. The van der Waals surface area contributed by atoms with Crippen molar-refractivity contribution in [2.45, 2.75) is 49.9 Å². The van der Waals surface area contributed by atoms with Gasteiger partial charge in [-0.15, -0.1) is 10.2 Å². The van der Waals surface area contributed by atoms with Crippen LogP contribution in [0.15, 0.2) is 58.9 Å². The smallest absolute Gasteiger partial charge is 0.270 e. The van der Waals surface area contributed by atoms with E-state index in [4.69, 9.17) is 0 Å². The summed E-state index contributed by atoms with van der Waals surface area (Å²) < 4.78 is 28.0. The summed E-state index contributed by atoms with van der Waals surface area (Å²) in [6, 6.07) is 16.7. The monoisotopic (exact) mass is 458 g/mol. The molecule has 7 nitrogen and oxygen atoms in total. The van der Waals surface area contributed by atoms with E-state index in [1.807, 2.05) is 50.2 Å². The Bertz CT molecular complexity index is 1160. The van der Waals surface area contributed by atoms with Crippen LogP contribution < -0.4 is 10.0 Å². The van der Waals surface area contributed by atoms with Crippen LogP contribution in [-0.4, -0.2) is 30.6 Å². The number of amides is 1. The maximum Gasteiger partial charge on any atom is 0.270 e. The summed E-state index contributed by atoms with van der Waals surface area (Å²) in [4.78, 5) is 12.4. The van der Waals surface area contributed by atoms with Crippen molar-refractivity contribution in [2.75, 3.05) is 5.32 Å². The molecule has 1 aromatic heterocycles. The predicted molar refractivity (Wildman–Crippen MR) is 123 cm³/mol. The number of nitrogens with one attached hydrogen (secondary N) is 2. The highest BCUT2D eigenvalue weighted by atomic mass is 32.2. The van der Waals surface area contributed by atoms with E-state index < -0.39 is 10.0 Å². The summed E-state index contributed by atoms with van der Waals surface area (Å²) >= 11 is 0.819. The van der Waals surface area contributed by atoms with E-state index in [9.17, 15) is 13.2 Å². The van der Waals surface area contributed by atoms with Crippen molar-refractivity contribution < 1.29 is 13.2 Å². The lowest BCUT2D eigenvalue weighted by molar-refractivity contribution is 0.102. The molecular weight excluding hydrogens is 432 g/mol. The Morgan fingerprint density at radius 3 is 2.48 bits per heavy atom. The molecule has 1 atom stereocenters. The number of rotatable bonds is 8. The first-order chi connectivity index (χ1) is 14.6.